The maximum absolute atomic E-state index is 10.8. The molecule has 2 atom stereocenters. The van der Waals surface area contributed by atoms with E-state index >= 15 is 0 Å². The number of piperidine rings is 1. The zero-order valence-corrected chi connectivity index (χ0v) is 7.65. The SMILES string of the molecule is NCC(C(=O)O)N1CCCC(N)C1. The third kappa shape index (κ3) is 2.65. The average Bonchev–Trinajstić information content (AvgIpc) is 2.04. The summed E-state index contributed by atoms with van der Waals surface area (Å²) in [6, 6.07) is -0.464. The molecule has 0 aromatic rings. The van der Waals surface area contributed by atoms with Crippen LogP contribution in [0, 0.1) is 0 Å². The number of nitrogens with two attached hydrogens (primary N) is 2. The molecule has 0 radical (unpaired) electrons. The summed E-state index contributed by atoms with van der Waals surface area (Å²) < 4.78 is 0. The molecule has 1 rings (SSSR count). The van der Waals surface area contributed by atoms with Gasteiger partial charge in [0.1, 0.15) is 6.04 Å². The molecule has 5 nitrogen and oxygen atoms in total. The Balaban J connectivity index is 2.52. The van der Waals surface area contributed by atoms with E-state index in [0.717, 1.165) is 19.4 Å². The topological polar surface area (TPSA) is 92.6 Å². The minimum atomic E-state index is -0.850. The molecule has 0 aromatic carbocycles. The molecule has 5 N–H and O–H groups in total. The third-order valence-corrected chi connectivity index (χ3v) is 2.44. The molecule has 0 saturated carbocycles. The molecule has 2 unspecified atom stereocenters. The van der Waals surface area contributed by atoms with Gasteiger partial charge in [-0.05, 0) is 19.4 Å². The van der Waals surface area contributed by atoms with E-state index in [9.17, 15) is 4.79 Å². The summed E-state index contributed by atoms with van der Waals surface area (Å²) in [5.74, 6) is -0.850. The van der Waals surface area contributed by atoms with Gasteiger partial charge in [-0.25, -0.2) is 0 Å². The van der Waals surface area contributed by atoms with Crippen LogP contribution in [0.5, 0.6) is 0 Å². The molecule has 0 bridgehead atoms. The first kappa shape index (κ1) is 10.4. The molecule has 1 aliphatic rings. The van der Waals surface area contributed by atoms with Crippen LogP contribution in [-0.4, -0.2) is 47.7 Å². The van der Waals surface area contributed by atoms with Crippen LogP contribution in [-0.2, 0) is 4.79 Å². The lowest BCUT2D eigenvalue weighted by Crippen LogP contribution is -2.53. The van der Waals surface area contributed by atoms with E-state index in [1.165, 1.54) is 0 Å². The lowest BCUT2D eigenvalue weighted by molar-refractivity contribution is -0.143. The maximum Gasteiger partial charge on any atom is 0.322 e. The standard InChI is InChI=1S/C8H17N3O2/c9-4-7(8(12)13)11-3-1-2-6(10)5-11/h6-7H,1-5,9-10H2,(H,12,13). The first-order valence-corrected chi connectivity index (χ1v) is 4.57. The average molecular weight is 187 g/mol. The van der Waals surface area contributed by atoms with Gasteiger partial charge in [-0.15, -0.1) is 0 Å². The fourth-order valence-electron chi connectivity index (χ4n) is 1.73. The zero-order valence-electron chi connectivity index (χ0n) is 7.65. The van der Waals surface area contributed by atoms with Gasteiger partial charge in [0.15, 0.2) is 0 Å². The molecule has 0 aliphatic carbocycles. The second-order valence-electron chi connectivity index (χ2n) is 3.49. The fraction of sp³-hybridized carbons (Fsp3) is 0.875. The summed E-state index contributed by atoms with van der Waals surface area (Å²) in [7, 11) is 0. The third-order valence-electron chi connectivity index (χ3n) is 2.44. The molecule has 5 heteroatoms. The van der Waals surface area contributed by atoms with Gasteiger partial charge >= 0.3 is 5.97 Å². The van der Waals surface area contributed by atoms with Crippen molar-refractivity contribution in [2.75, 3.05) is 19.6 Å². The number of rotatable bonds is 3. The summed E-state index contributed by atoms with van der Waals surface area (Å²) >= 11 is 0. The van der Waals surface area contributed by atoms with Crippen molar-refractivity contribution in [1.82, 2.24) is 4.90 Å². The van der Waals surface area contributed by atoms with Crippen molar-refractivity contribution in [3.63, 3.8) is 0 Å². The van der Waals surface area contributed by atoms with Gasteiger partial charge in [0.25, 0.3) is 0 Å². The number of hydrogen-bond acceptors (Lipinski definition) is 4. The number of hydrogen-bond donors (Lipinski definition) is 3. The Kier molecular flexibility index (Phi) is 3.65. The van der Waals surface area contributed by atoms with Crippen LogP contribution in [0.1, 0.15) is 12.8 Å². The van der Waals surface area contributed by atoms with E-state index in [-0.39, 0.29) is 12.6 Å². The van der Waals surface area contributed by atoms with Crippen molar-refractivity contribution in [3.05, 3.63) is 0 Å². The second-order valence-corrected chi connectivity index (χ2v) is 3.49. The number of nitrogens with zero attached hydrogens (tertiary/aromatic N) is 1. The van der Waals surface area contributed by atoms with Gasteiger partial charge in [-0.2, -0.15) is 0 Å². The molecule has 1 aliphatic heterocycles. The van der Waals surface area contributed by atoms with Crippen LogP contribution in [0.15, 0.2) is 0 Å². The Morgan fingerprint density at radius 3 is 2.85 bits per heavy atom. The Morgan fingerprint density at radius 2 is 2.38 bits per heavy atom. The van der Waals surface area contributed by atoms with Gasteiger partial charge in [0.2, 0.25) is 0 Å². The van der Waals surface area contributed by atoms with E-state index in [0.29, 0.717) is 6.54 Å². The predicted octanol–water partition coefficient (Wildman–Crippen LogP) is -1.18. The highest BCUT2D eigenvalue weighted by molar-refractivity contribution is 5.73. The summed E-state index contributed by atoms with van der Waals surface area (Å²) in [5, 5.41) is 8.85. The number of aliphatic carboxylic acids is 1. The summed E-state index contributed by atoms with van der Waals surface area (Å²) in [6.07, 6.45) is 1.94. The number of carboxylic acids is 1. The van der Waals surface area contributed by atoms with Crippen molar-refractivity contribution in [2.45, 2.75) is 24.9 Å². The molecule has 1 saturated heterocycles. The highest BCUT2D eigenvalue weighted by atomic mass is 16.4. The lowest BCUT2D eigenvalue weighted by atomic mass is 10.0. The second kappa shape index (κ2) is 4.55. The van der Waals surface area contributed by atoms with Gasteiger partial charge < -0.3 is 16.6 Å². The summed E-state index contributed by atoms with van der Waals surface area (Å²) in [4.78, 5) is 12.6. The smallest absolute Gasteiger partial charge is 0.322 e. The monoisotopic (exact) mass is 187 g/mol. The van der Waals surface area contributed by atoms with Crippen LogP contribution in [0.3, 0.4) is 0 Å². The van der Waals surface area contributed by atoms with E-state index in [1.807, 2.05) is 4.90 Å². The van der Waals surface area contributed by atoms with Crippen molar-refractivity contribution in [2.24, 2.45) is 11.5 Å². The largest absolute Gasteiger partial charge is 0.480 e. The quantitative estimate of drug-likeness (QED) is 0.517. The summed E-state index contributed by atoms with van der Waals surface area (Å²) in [6.45, 7) is 1.60. The van der Waals surface area contributed by atoms with E-state index < -0.39 is 12.0 Å². The molecule has 1 heterocycles. The predicted molar refractivity (Wildman–Crippen MR) is 49.3 cm³/mol. The molecular weight excluding hydrogens is 170 g/mol. The number of carboxylic acid groups (broad SMARTS) is 1. The molecule has 76 valence electrons. The first-order chi connectivity index (χ1) is 6.15. The van der Waals surface area contributed by atoms with Gasteiger partial charge in [-0.3, -0.25) is 9.69 Å². The molecule has 13 heavy (non-hydrogen) atoms. The Hall–Kier alpha value is -0.650. The molecule has 0 spiro atoms. The number of carbonyl (C=O) groups is 1. The molecule has 0 amide bonds. The van der Waals surface area contributed by atoms with Crippen molar-refractivity contribution < 1.29 is 9.90 Å². The molecular formula is C8H17N3O2. The van der Waals surface area contributed by atoms with Crippen molar-refractivity contribution in [1.29, 1.82) is 0 Å². The van der Waals surface area contributed by atoms with Crippen LogP contribution >= 0.6 is 0 Å². The zero-order chi connectivity index (χ0) is 9.84. The minimum Gasteiger partial charge on any atom is -0.480 e. The summed E-state index contributed by atoms with van der Waals surface area (Å²) in [5.41, 5.74) is 11.1. The normalized spacial score (nSPS) is 27.1. The Bertz CT molecular complexity index is 186. The number of likely N-dealkylation sites (tertiary alicyclic amines) is 1. The first-order valence-electron chi connectivity index (χ1n) is 4.57. The molecule has 0 aromatic heterocycles. The Morgan fingerprint density at radius 1 is 1.69 bits per heavy atom. The lowest BCUT2D eigenvalue weighted by Gasteiger charge is -2.34. The van der Waals surface area contributed by atoms with Crippen molar-refractivity contribution in [3.8, 4) is 0 Å². The minimum absolute atomic E-state index is 0.0992. The van der Waals surface area contributed by atoms with Crippen LogP contribution in [0.25, 0.3) is 0 Å². The maximum atomic E-state index is 10.8. The Labute approximate surface area is 77.7 Å². The van der Waals surface area contributed by atoms with Crippen LogP contribution in [0.4, 0.5) is 0 Å². The van der Waals surface area contributed by atoms with Gasteiger partial charge in [0.05, 0.1) is 0 Å². The highest BCUT2D eigenvalue weighted by Gasteiger charge is 2.27. The van der Waals surface area contributed by atoms with Crippen LogP contribution in [0.2, 0.25) is 0 Å². The van der Waals surface area contributed by atoms with E-state index in [4.69, 9.17) is 16.6 Å². The van der Waals surface area contributed by atoms with Crippen LogP contribution < -0.4 is 11.5 Å². The fourth-order valence-corrected chi connectivity index (χ4v) is 1.73. The van der Waals surface area contributed by atoms with Gasteiger partial charge in [0, 0.05) is 19.1 Å². The highest BCUT2D eigenvalue weighted by Crippen LogP contribution is 2.11. The van der Waals surface area contributed by atoms with E-state index in [2.05, 4.69) is 0 Å². The van der Waals surface area contributed by atoms with E-state index in [1.54, 1.807) is 0 Å². The van der Waals surface area contributed by atoms with Crippen molar-refractivity contribution >= 4 is 5.97 Å². The van der Waals surface area contributed by atoms with Gasteiger partial charge in [-0.1, -0.05) is 0 Å². The molecule has 1 fully saturated rings.